The summed E-state index contributed by atoms with van der Waals surface area (Å²) in [6, 6.07) is 7.66. The summed E-state index contributed by atoms with van der Waals surface area (Å²) in [5, 5.41) is 15.8. The molecule has 1 aliphatic rings. The Morgan fingerprint density at radius 3 is 2.55 bits per heavy atom. The maximum atomic E-state index is 12.6. The average Bonchev–Trinajstić information content (AvgIpc) is 2.54. The molecule has 0 bridgehead atoms. The van der Waals surface area contributed by atoms with Crippen molar-refractivity contribution in [2.24, 2.45) is 5.41 Å². The summed E-state index contributed by atoms with van der Waals surface area (Å²) >= 11 is 0. The van der Waals surface area contributed by atoms with Gasteiger partial charge in [0.25, 0.3) is 0 Å². The summed E-state index contributed by atoms with van der Waals surface area (Å²) in [6.45, 7) is 4.39. The second-order valence-corrected chi connectivity index (χ2v) is 6.06. The van der Waals surface area contributed by atoms with E-state index in [-0.39, 0.29) is 5.91 Å². The highest BCUT2D eigenvalue weighted by Gasteiger charge is 2.39. The Morgan fingerprint density at radius 2 is 2.00 bits per heavy atom. The Kier molecular flexibility index (Phi) is 5.94. The number of carbonyl (C=O) groups is 1. The maximum absolute atomic E-state index is 12.6. The molecular weight excluding hydrogens is 280 g/mol. The Morgan fingerprint density at radius 1 is 1.36 bits per heavy atom. The largest absolute Gasteiger partial charge is 0.389 e. The summed E-state index contributed by atoms with van der Waals surface area (Å²) in [4.78, 5) is 12.6. The molecule has 122 valence electrons. The van der Waals surface area contributed by atoms with Gasteiger partial charge in [-0.25, -0.2) is 0 Å². The van der Waals surface area contributed by atoms with Crippen molar-refractivity contribution in [2.75, 3.05) is 26.8 Å². The van der Waals surface area contributed by atoms with Gasteiger partial charge in [-0.05, 0) is 44.0 Å². The van der Waals surface area contributed by atoms with Gasteiger partial charge in [-0.3, -0.25) is 4.79 Å². The molecule has 1 saturated heterocycles. The van der Waals surface area contributed by atoms with Crippen LogP contribution in [0.25, 0.3) is 0 Å². The zero-order valence-electron chi connectivity index (χ0n) is 13.4. The number of ether oxygens (including phenoxy) is 1. The van der Waals surface area contributed by atoms with E-state index in [1.54, 1.807) is 14.0 Å². The van der Waals surface area contributed by atoms with Gasteiger partial charge in [-0.1, -0.05) is 24.3 Å². The summed E-state index contributed by atoms with van der Waals surface area (Å²) in [7, 11) is 1.64. The molecule has 5 nitrogen and oxygen atoms in total. The monoisotopic (exact) mass is 306 g/mol. The quantitative estimate of drug-likeness (QED) is 0.742. The molecule has 0 saturated carbocycles. The fourth-order valence-electron chi connectivity index (χ4n) is 2.90. The Balaban J connectivity index is 1.95. The zero-order valence-corrected chi connectivity index (χ0v) is 13.4. The predicted octanol–water partition coefficient (Wildman–Crippen LogP) is 1.37. The van der Waals surface area contributed by atoms with Crippen molar-refractivity contribution in [3.8, 4) is 0 Å². The fourth-order valence-corrected chi connectivity index (χ4v) is 2.90. The van der Waals surface area contributed by atoms with Crippen LogP contribution < -0.4 is 10.6 Å². The lowest BCUT2D eigenvalue weighted by molar-refractivity contribution is -0.136. The first-order valence-corrected chi connectivity index (χ1v) is 7.82. The number of aliphatic hydroxyl groups excluding tert-OH is 1. The lowest BCUT2D eigenvalue weighted by Crippen LogP contribution is -2.49. The number of carbonyl (C=O) groups excluding carboxylic acids is 1. The minimum atomic E-state index is -0.469. The van der Waals surface area contributed by atoms with Crippen LogP contribution in [0.4, 0.5) is 0 Å². The summed E-state index contributed by atoms with van der Waals surface area (Å²) in [5.41, 5.74) is 1.49. The van der Waals surface area contributed by atoms with E-state index in [1.807, 2.05) is 24.3 Å². The molecule has 0 aliphatic carbocycles. The SMILES string of the molecule is COCC1(C(=O)NCc2ccc(C(C)O)cc2)CCNCC1. The van der Waals surface area contributed by atoms with Crippen molar-refractivity contribution in [1.82, 2.24) is 10.6 Å². The molecule has 1 aromatic carbocycles. The highest BCUT2D eigenvalue weighted by Crippen LogP contribution is 2.29. The topological polar surface area (TPSA) is 70.6 Å². The number of piperidine rings is 1. The predicted molar refractivity (Wildman–Crippen MR) is 85.3 cm³/mol. The van der Waals surface area contributed by atoms with Gasteiger partial charge in [0.05, 0.1) is 18.1 Å². The zero-order chi connectivity index (χ0) is 16.0. The van der Waals surface area contributed by atoms with Crippen LogP contribution in [0, 0.1) is 5.41 Å². The van der Waals surface area contributed by atoms with E-state index in [2.05, 4.69) is 10.6 Å². The molecule has 0 spiro atoms. The smallest absolute Gasteiger partial charge is 0.228 e. The highest BCUT2D eigenvalue weighted by atomic mass is 16.5. The highest BCUT2D eigenvalue weighted by molar-refractivity contribution is 5.83. The number of amides is 1. The van der Waals surface area contributed by atoms with Crippen LogP contribution in [0.5, 0.6) is 0 Å². The van der Waals surface area contributed by atoms with Crippen LogP contribution in [0.1, 0.15) is 37.0 Å². The van der Waals surface area contributed by atoms with Crippen molar-refractivity contribution in [2.45, 2.75) is 32.4 Å². The van der Waals surface area contributed by atoms with Crippen LogP contribution in [0.3, 0.4) is 0 Å². The lowest BCUT2D eigenvalue weighted by Gasteiger charge is -2.35. The Bertz CT molecular complexity index is 474. The number of rotatable bonds is 6. The number of hydrogen-bond acceptors (Lipinski definition) is 4. The molecule has 1 atom stereocenters. The lowest BCUT2D eigenvalue weighted by atomic mass is 9.78. The molecule has 1 unspecified atom stereocenters. The number of aliphatic hydroxyl groups is 1. The van der Waals surface area contributed by atoms with Crippen molar-refractivity contribution in [1.29, 1.82) is 0 Å². The molecule has 2 rings (SSSR count). The Hall–Kier alpha value is -1.43. The summed E-state index contributed by atoms with van der Waals surface area (Å²) in [6.07, 6.45) is 1.13. The van der Waals surface area contributed by atoms with Gasteiger partial charge in [0.15, 0.2) is 0 Å². The molecular formula is C17H26N2O3. The second-order valence-electron chi connectivity index (χ2n) is 6.06. The number of benzene rings is 1. The van der Waals surface area contributed by atoms with Crippen molar-refractivity contribution < 1.29 is 14.6 Å². The van der Waals surface area contributed by atoms with Gasteiger partial charge >= 0.3 is 0 Å². The number of methoxy groups -OCH3 is 1. The molecule has 1 aromatic rings. The number of hydrogen-bond donors (Lipinski definition) is 3. The van der Waals surface area contributed by atoms with E-state index >= 15 is 0 Å². The first-order valence-electron chi connectivity index (χ1n) is 7.82. The standard InChI is InChI=1S/C17H26N2O3/c1-13(20)15-5-3-14(4-6-15)11-19-16(21)17(12-22-2)7-9-18-10-8-17/h3-6,13,18,20H,7-12H2,1-2H3,(H,19,21). The van der Waals surface area contributed by atoms with Gasteiger partial charge in [0.2, 0.25) is 5.91 Å². The second kappa shape index (κ2) is 7.72. The summed E-state index contributed by atoms with van der Waals surface area (Å²) in [5.74, 6) is 0.0652. The van der Waals surface area contributed by atoms with Crippen molar-refractivity contribution in [3.05, 3.63) is 35.4 Å². The first-order chi connectivity index (χ1) is 10.6. The van der Waals surface area contributed by atoms with E-state index in [9.17, 15) is 9.90 Å². The van der Waals surface area contributed by atoms with Crippen LogP contribution in [0.2, 0.25) is 0 Å². The fraction of sp³-hybridized carbons (Fsp3) is 0.588. The van der Waals surface area contributed by atoms with Crippen molar-refractivity contribution >= 4 is 5.91 Å². The normalized spacial score (nSPS) is 18.7. The van der Waals surface area contributed by atoms with Gasteiger partial charge < -0.3 is 20.5 Å². The molecule has 22 heavy (non-hydrogen) atoms. The van der Waals surface area contributed by atoms with Gasteiger partial charge in [-0.2, -0.15) is 0 Å². The third-order valence-electron chi connectivity index (χ3n) is 4.38. The number of nitrogens with one attached hydrogen (secondary N) is 2. The molecule has 1 heterocycles. The molecule has 1 amide bonds. The van der Waals surface area contributed by atoms with Crippen LogP contribution in [0.15, 0.2) is 24.3 Å². The third-order valence-corrected chi connectivity index (χ3v) is 4.38. The maximum Gasteiger partial charge on any atom is 0.228 e. The molecule has 3 N–H and O–H groups in total. The molecule has 0 aromatic heterocycles. The molecule has 1 aliphatic heterocycles. The molecule has 0 radical (unpaired) electrons. The van der Waals surface area contributed by atoms with Gasteiger partial charge in [-0.15, -0.1) is 0 Å². The van der Waals surface area contributed by atoms with Gasteiger partial charge in [0, 0.05) is 13.7 Å². The molecule has 1 fully saturated rings. The summed E-state index contributed by atoms with van der Waals surface area (Å²) < 4.78 is 5.28. The molecule has 5 heteroatoms. The van der Waals surface area contributed by atoms with Crippen LogP contribution >= 0.6 is 0 Å². The van der Waals surface area contributed by atoms with E-state index < -0.39 is 11.5 Å². The first kappa shape index (κ1) is 16.9. The van der Waals surface area contributed by atoms with E-state index in [0.29, 0.717) is 13.2 Å². The van der Waals surface area contributed by atoms with Gasteiger partial charge in [0.1, 0.15) is 0 Å². The minimum absolute atomic E-state index is 0.0652. The van der Waals surface area contributed by atoms with E-state index in [0.717, 1.165) is 37.1 Å². The average molecular weight is 306 g/mol. The van der Waals surface area contributed by atoms with E-state index in [4.69, 9.17) is 4.74 Å². The van der Waals surface area contributed by atoms with Crippen LogP contribution in [-0.4, -0.2) is 37.8 Å². The van der Waals surface area contributed by atoms with Crippen molar-refractivity contribution in [3.63, 3.8) is 0 Å². The van der Waals surface area contributed by atoms with Crippen LogP contribution in [-0.2, 0) is 16.1 Å². The third kappa shape index (κ3) is 4.06. The minimum Gasteiger partial charge on any atom is -0.389 e. The Labute approximate surface area is 132 Å². The van der Waals surface area contributed by atoms with E-state index in [1.165, 1.54) is 0 Å².